The van der Waals surface area contributed by atoms with Gasteiger partial charge < -0.3 is 20.4 Å². The number of carbonyl (C=O) groups excluding carboxylic acids is 1. The van der Waals surface area contributed by atoms with Crippen LogP contribution in [0.3, 0.4) is 0 Å². The van der Waals surface area contributed by atoms with Crippen molar-refractivity contribution in [2.24, 2.45) is 34.0 Å². The van der Waals surface area contributed by atoms with Gasteiger partial charge in [0.25, 0.3) is 0 Å². The Hall–Kier alpha value is -2.09. The number of carbonyl (C=O) groups is 3. The minimum Gasteiger partial charge on any atom is -0.507 e. The van der Waals surface area contributed by atoms with E-state index in [4.69, 9.17) is 11.6 Å². The summed E-state index contributed by atoms with van der Waals surface area (Å²) in [4.78, 5) is 34.4. The van der Waals surface area contributed by atoms with Crippen molar-refractivity contribution in [2.45, 2.75) is 76.8 Å². The summed E-state index contributed by atoms with van der Waals surface area (Å²) in [6, 6.07) is 0. The molecule has 0 unspecified atom stereocenters. The number of ketones is 1. The molecule has 0 saturated heterocycles. The van der Waals surface area contributed by atoms with Gasteiger partial charge in [-0.2, -0.15) is 0 Å². The third-order valence-electron chi connectivity index (χ3n) is 10.3. The van der Waals surface area contributed by atoms with E-state index < -0.39 is 62.4 Å². The van der Waals surface area contributed by atoms with Crippen LogP contribution in [-0.4, -0.2) is 49.2 Å². The number of rotatable bonds is 5. The standard InChI is InChI=1S/C25H32ClFO7/c1-12-8-13-14-9-16(27)15-10-17(28)20(33)21(34)23(15,3)25(14,26)7-6-22(13,2)24(12,11-19(31)32)5-4-18(29)30/h10,12-14,16,33-34H,4-9,11H2,1-3H3,(H,29,30)(H,31,32)/t12-,13+,14+,16+,22+,23-,24+,25-/m1/s1. The highest BCUT2D eigenvalue weighted by Crippen LogP contribution is 2.75. The van der Waals surface area contributed by atoms with E-state index in [1.165, 1.54) is 0 Å². The van der Waals surface area contributed by atoms with Gasteiger partial charge in [-0.05, 0) is 79.3 Å². The van der Waals surface area contributed by atoms with Crippen LogP contribution in [0.25, 0.3) is 0 Å². The molecule has 0 heterocycles. The summed E-state index contributed by atoms with van der Waals surface area (Å²) in [6.45, 7) is 5.50. The number of aliphatic carboxylic acids is 2. The maximum atomic E-state index is 15.6. The molecule has 4 N–H and O–H groups in total. The van der Waals surface area contributed by atoms with E-state index in [-0.39, 0.29) is 43.1 Å². The van der Waals surface area contributed by atoms with Crippen LogP contribution in [0.2, 0.25) is 0 Å². The monoisotopic (exact) mass is 498 g/mol. The molecule has 0 aromatic carbocycles. The molecule has 0 spiro atoms. The molecule has 188 valence electrons. The SMILES string of the molecule is C[C@@H]1C[C@H]2[C@@H]3C[C@H](F)C4=CC(=O)C(O)=C(O)[C@]4(C)[C@@]3(Cl)CC[C@]2(C)[C@@]1(CCC(=O)O)CC(=O)O. The Morgan fingerprint density at radius 2 is 1.76 bits per heavy atom. The number of hydrogen-bond donors (Lipinski definition) is 4. The minimum absolute atomic E-state index is 0.0152. The van der Waals surface area contributed by atoms with Crippen LogP contribution < -0.4 is 0 Å². The van der Waals surface area contributed by atoms with Gasteiger partial charge in [0.05, 0.1) is 16.7 Å². The van der Waals surface area contributed by atoms with Gasteiger partial charge in [0.2, 0.25) is 11.5 Å². The molecule has 4 rings (SSSR count). The van der Waals surface area contributed by atoms with Crippen molar-refractivity contribution in [2.75, 3.05) is 0 Å². The number of hydrogen-bond acceptors (Lipinski definition) is 5. The molecule has 4 aliphatic rings. The number of aliphatic hydroxyl groups excluding tert-OH is 2. The lowest BCUT2D eigenvalue weighted by atomic mass is 9.44. The van der Waals surface area contributed by atoms with E-state index >= 15 is 4.39 Å². The molecule has 4 aliphatic carbocycles. The highest BCUT2D eigenvalue weighted by molar-refractivity contribution is 6.26. The van der Waals surface area contributed by atoms with Crippen LogP contribution in [-0.2, 0) is 14.4 Å². The number of halogens is 2. The average molecular weight is 499 g/mol. The van der Waals surface area contributed by atoms with Gasteiger partial charge in [0, 0.05) is 6.42 Å². The maximum Gasteiger partial charge on any atom is 0.303 e. The third kappa shape index (κ3) is 2.96. The molecule has 3 fully saturated rings. The van der Waals surface area contributed by atoms with Crippen molar-refractivity contribution in [3.05, 3.63) is 23.2 Å². The second kappa shape index (κ2) is 7.70. The van der Waals surface area contributed by atoms with E-state index in [9.17, 15) is 34.8 Å². The summed E-state index contributed by atoms with van der Waals surface area (Å²) in [5.74, 6) is -5.11. The lowest BCUT2D eigenvalue weighted by Crippen LogP contribution is -2.63. The summed E-state index contributed by atoms with van der Waals surface area (Å²) in [7, 11) is 0. The zero-order valence-corrected chi connectivity index (χ0v) is 20.4. The quantitative estimate of drug-likeness (QED) is 0.394. The second-order valence-corrected chi connectivity index (χ2v) is 11.9. The molecule has 3 saturated carbocycles. The Morgan fingerprint density at radius 3 is 2.35 bits per heavy atom. The van der Waals surface area contributed by atoms with E-state index in [0.29, 0.717) is 19.3 Å². The van der Waals surface area contributed by atoms with E-state index in [1.807, 2.05) is 13.8 Å². The Balaban J connectivity index is 1.83. The van der Waals surface area contributed by atoms with E-state index in [2.05, 4.69) is 0 Å². The normalized spacial score (nSPS) is 45.8. The smallest absolute Gasteiger partial charge is 0.303 e. The summed E-state index contributed by atoms with van der Waals surface area (Å²) in [5.41, 5.74) is -2.83. The Bertz CT molecular complexity index is 1020. The molecule has 0 aromatic rings. The maximum absolute atomic E-state index is 15.6. The summed E-state index contributed by atoms with van der Waals surface area (Å²) >= 11 is 7.33. The Labute approximate surface area is 202 Å². The lowest BCUT2D eigenvalue weighted by molar-refractivity contribution is -0.150. The first-order chi connectivity index (χ1) is 15.7. The zero-order valence-electron chi connectivity index (χ0n) is 19.6. The van der Waals surface area contributed by atoms with E-state index in [0.717, 1.165) is 6.08 Å². The third-order valence-corrected chi connectivity index (χ3v) is 11.1. The fourth-order valence-corrected chi connectivity index (χ4v) is 8.92. The second-order valence-electron chi connectivity index (χ2n) is 11.2. The molecule has 0 radical (unpaired) electrons. The van der Waals surface area contributed by atoms with Gasteiger partial charge in [-0.25, -0.2) is 4.39 Å². The van der Waals surface area contributed by atoms with Gasteiger partial charge in [-0.1, -0.05) is 13.8 Å². The number of alkyl halides is 2. The first-order valence-corrected chi connectivity index (χ1v) is 12.2. The number of carboxylic acids is 2. The number of aliphatic hydroxyl groups is 2. The molecule has 9 heteroatoms. The summed E-state index contributed by atoms with van der Waals surface area (Å²) in [6.07, 6.45) is 0.661. The van der Waals surface area contributed by atoms with Gasteiger partial charge in [-0.3, -0.25) is 14.4 Å². The molecule has 0 bridgehead atoms. The van der Waals surface area contributed by atoms with Crippen molar-refractivity contribution in [1.29, 1.82) is 0 Å². The van der Waals surface area contributed by atoms with Crippen LogP contribution in [0.1, 0.15) is 65.7 Å². The van der Waals surface area contributed by atoms with Crippen molar-refractivity contribution in [1.82, 2.24) is 0 Å². The first kappa shape index (κ1) is 25.0. The lowest BCUT2D eigenvalue weighted by Gasteiger charge is -2.63. The van der Waals surface area contributed by atoms with Gasteiger partial charge in [0.1, 0.15) is 11.9 Å². The van der Waals surface area contributed by atoms with E-state index in [1.54, 1.807) is 6.92 Å². The number of carboxylic acid groups (broad SMARTS) is 2. The number of allylic oxidation sites excluding steroid dienone is 2. The first-order valence-electron chi connectivity index (χ1n) is 11.8. The Morgan fingerprint density at radius 1 is 1.12 bits per heavy atom. The van der Waals surface area contributed by atoms with Crippen LogP contribution in [0.4, 0.5) is 4.39 Å². The molecule has 0 aliphatic heterocycles. The van der Waals surface area contributed by atoms with Crippen LogP contribution in [0.15, 0.2) is 23.2 Å². The van der Waals surface area contributed by atoms with Crippen molar-refractivity contribution < 1.29 is 39.2 Å². The molecule has 7 nitrogen and oxygen atoms in total. The fraction of sp³-hybridized carbons (Fsp3) is 0.720. The molecule has 0 aromatic heterocycles. The highest BCUT2D eigenvalue weighted by Gasteiger charge is 2.73. The molecule has 8 atom stereocenters. The predicted octanol–water partition coefficient (Wildman–Crippen LogP) is 4.95. The van der Waals surface area contributed by atoms with Crippen molar-refractivity contribution in [3.8, 4) is 0 Å². The largest absolute Gasteiger partial charge is 0.507 e. The molecule has 0 amide bonds. The topological polar surface area (TPSA) is 132 Å². The zero-order chi connectivity index (χ0) is 25.4. The molecule has 34 heavy (non-hydrogen) atoms. The predicted molar refractivity (Wildman–Crippen MR) is 121 cm³/mol. The molecular weight excluding hydrogens is 467 g/mol. The fourth-order valence-electron chi connectivity index (χ4n) is 8.39. The van der Waals surface area contributed by atoms with Gasteiger partial charge in [-0.15, -0.1) is 11.6 Å². The summed E-state index contributed by atoms with van der Waals surface area (Å²) < 4.78 is 15.6. The van der Waals surface area contributed by atoms with Crippen LogP contribution in [0, 0.1) is 34.0 Å². The molecular formula is C25H32ClFO7. The highest BCUT2D eigenvalue weighted by atomic mass is 35.5. The van der Waals surface area contributed by atoms with Crippen molar-refractivity contribution >= 4 is 29.3 Å². The van der Waals surface area contributed by atoms with Crippen LogP contribution >= 0.6 is 11.6 Å². The van der Waals surface area contributed by atoms with Gasteiger partial charge in [0.15, 0.2) is 0 Å². The van der Waals surface area contributed by atoms with Crippen molar-refractivity contribution in [3.63, 3.8) is 0 Å². The van der Waals surface area contributed by atoms with Crippen LogP contribution in [0.5, 0.6) is 0 Å². The Kier molecular flexibility index (Phi) is 5.67. The average Bonchev–Trinajstić information content (AvgIpc) is 2.96. The van der Waals surface area contributed by atoms with Gasteiger partial charge >= 0.3 is 11.9 Å². The minimum atomic E-state index is -1.56. The number of fused-ring (bicyclic) bond motifs is 5. The summed E-state index contributed by atoms with van der Waals surface area (Å²) in [5, 5.41) is 40.4.